The molecule has 188 valence electrons. The number of phenols is 1. The fraction of sp³-hybridized carbons (Fsp3) is 0.308. The van der Waals surface area contributed by atoms with Crippen molar-refractivity contribution in [1.82, 2.24) is 20.2 Å². The second kappa shape index (κ2) is 12.0. The van der Waals surface area contributed by atoms with Crippen LogP contribution >= 0.6 is 0 Å². The van der Waals surface area contributed by atoms with Gasteiger partial charge in [-0.15, -0.1) is 0 Å². The Bertz CT molecular complexity index is 1180. The molecule has 2 amide bonds. The molecule has 4 N–H and O–H groups in total. The minimum Gasteiger partial charge on any atom is -0.506 e. The van der Waals surface area contributed by atoms with Gasteiger partial charge in [0.25, 0.3) is 0 Å². The molecule has 10 nitrogen and oxygen atoms in total. The van der Waals surface area contributed by atoms with Crippen molar-refractivity contribution >= 4 is 29.1 Å². The number of carbonyl (C=O) groups excluding carboxylic acids is 2. The second-order valence-corrected chi connectivity index (χ2v) is 8.54. The summed E-state index contributed by atoms with van der Waals surface area (Å²) in [6.45, 7) is 5.50. The molecular weight excluding hydrogens is 458 g/mol. The number of amides is 2. The summed E-state index contributed by atoms with van der Waals surface area (Å²) in [6.07, 6.45) is 0. The van der Waals surface area contributed by atoms with E-state index in [9.17, 15) is 14.7 Å². The van der Waals surface area contributed by atoms with Gasteiger partial charge in [0, 0.05) is 57.8 Å². The van der Waals surface area contributed by atoms with Crippen molar-refractivity contribution in [2.75, 3.05) is 61.3 Å². The molecule has 1 fully saturated rings. The monoisotopic (exact) mass is 489 g/mol. The van der Waals surface area contributed by atoms with Crippen molar-refractivity contribution in [3.63, 3.8) is 0 Å². The Labute approximate surface area is 210 Å². The standard InChI is InChI=1S/C26H31N7O3/c1-19(34)27-11-12-28-23-17-24(31-26(30-23)20-7-3-2-4-8-20)29-25(36)18-32-13-15-33(16-14-32)21-9-5-6-10-22(21)35/h2-10,17,35H,11-16,18H2,1H3,(H,27,34)(H2,28,29,30,31,36). The molecule has 36 heavy (non-hydrogen) atoms. The quantitative estimate of drug-likeness (QED) is 0.337. The van der Waals surface area contributed by atoms with Crippen molar-refractivity contribution in [3.8, 4) is 17.1 Å². The third-order valence-corrected chi connectivity index (χ3v) is 5.79. The van der Waals surface area contributed by atoms with Crippen LogP contribution in [0.2, 0.25) is 0 Å². The van der Waals surface area contributed by atoms with Crippen LogP contribution in [0.25, 0.3) is 11.4 Å². The number of carbonyl (C=O) groups is 2. The van der Waals surface area contributed by atoms with E-state index in [1.165, 1.54) is 6.92 Å². The molecule has 10 heteroatoms. The number of hydrogen-bond acceptors (Lipinski definition) is 8. The lowest BCUT2D eigenvalue weighted by atomic mass is 10.2. The predicted molar refractivity (Wildman–Crippen MR) is 140 cm³/mol. The summed E-state index contributed by atoms with van der Waals surface area (Å²) in [5, 5.41) is 18.9. The number of piperazine rings is 1. The number of rotatable bonds is 9. The highest BCUT2D eigenvalue weighted by atomic mass is 16.3. The van der Waals surface area contributed by atoms with Gasteiger partial charge in [0.05, 0.1) is 12.2 Å². The molecule has 2 aromatic carbocycles. The first-order valence-electron chi connectivity index (χ1n) is 12.0. The first-order valence-corrected chi connectivity index (χ1v) is 12.0. The molecular formula is C26H31N7O3. The second-order valence-electron chi connectivity index (χ2n) is 8.54. The topological polar surface area (TPSA) is 123 Å². The number of aromatic hydroxyl groups is 1. The van der Waals surface area contributed by atoms with Crippen molar-refractivity contribution in [1.29, 1.82) is 0 Å². The molecule has 0 atom stereocenters. The molecule has 0 radical (unpaired) electrons. The Morgan fingerprint density at radius 1 is 0.917 bits per heavy atom. The third-order valence-electron chi connectivity index (χ3n) is 5.79. The van der Waals surface area contributed by atoms with Crippen LogP contribution in [0.3, 0.4) is 0 Å². The average Bonchev–Trinajstić information content (AvgIpc) is 2.88. The largest absolute Gasteiger partial charge is 0.506 e. The van der Waals surface area contributed by atoms with Gasteiger partial charge in [0.2, 0.25) is 11.8 Å². The molecule has 1 saturated heterocycles. The molecule has 1 aliphatic rings. The lowest BCUT2D eigenvalue weighted by molar-refractivity contribution is -0.119. The fourth-order valence-electron chi connectivity index (χ4n) is 4.01. The highest BCUT2D eigenvalue weighted by Gasteiger charge is 2.21. The molecule has 0 bridgehead atoms. The van der Waals surface area contributed by atoms with E-state index < -0.39 is 0 Å². The van der Waals surface area contributed by atoms with Crippen LogP contribution in [0.15, 0.2) is 60.7 Å². The number of phenolic OH excluding ortho intramolecular Hbond substituents is 1. The zero-order valence-electron chi connectivity index (χ0n) is 20.3. The maximum absolute atomic E-state index is 12.8. The van der Waals surface area contributed by atoms with E-state index in [0.717, 1.165) is 24.3 Å². The average molecular weight is 490 g/mol. The Morgan fingerprint density at radius 2 is 1.61 bits per heavy atom. The van der Waals surface area contributed by atoms with E-state index in [1.54, 1.807) is 18.2 Å². The number of hydrogen-bond donors (Lipinski definition) is 4. The molecule has 0 unspecified atom stereocenters. The Morgan fingerprint density at radius 3 is 2.33 bits per heavy atom. The molecule has 0 saturated carbocycles. The van der Waals surface area contributed by atoms with Gasteiger partial charge >= 0.3 is 0 Å². The number of anilines is 3. The van der Waals surface area contributed by atoms with Gasteiger partial charge in [0.15, 0.2) is 5.82 Å². The Hall–Kier alpha value is -4.18. The summed E-state index contributed by atoms with van der Waals surface area (Å²) in [4.78, 5) is 37.3. The highest BCUT2D eigenvalue weighted by molar-refractivity contribution is 5.92. The molecule has 3 aromatic rings. The van der Waals surface area contributed by atoms with Gasteiger partial charge in [-0.2, -0.15) is 0 Å². The minimum absolute atomic E-state index is 0.0983. The van der Waals surface area contributed by atoms with E-state index >= 15 is 0 Å². The number of nitrogens with one attached hydrogen (secondary N) is 3. The van der Waals surface area contributed by atoms with Crippen LogP contribution in [-0.4, -0.2) is 77.6 Å². The fourth-order valence-corrected chi connectivity index (χ4v) is 4.01. The van der Waals surface area contributed by atoms with Gasteiger partial charge in [-0.25, -0.2) is 9.97 Å². The van der Waals surface area contributed by atoms with Crippen LogP contribution in [0.4, 0.5) is 17.3 Å². The third kappa shape index (κ3) is 6.92. The molecule has 0 spiro atoms. The number of para-hydroxylation sites is 2. The van der Waals surface area contributed by atoms with Crippen LogP contribution in [0.1, 0.15) is 6.92 Å². The summed E-state index contributed by atoms with van der Waals surface area (Å²) in [5.74, 6) is 1.46. The first-order chi connectivity index (χ1) is 17.5. The van der Waals surface area contributed by atoms with Crippen molar-refractivity contribution in [2.45, 2.75) is 6.92 Å². The van der Waals surface area contributed by atoms with E-state index in [-0.39, 0.29) is 24.1 Å². The normalized spacial score (nSPS) is 13.8. The number of aromatic nitrogens is 2. The summed E-state index contributed by atoms with van der Waals surface area (Å²) < 4.78 is 0. The van der Waals surface area contributed by atoms with Gasteiger partial charge in [0.1, 0.15) is 17.4 Å². The lowest BCUT2D eigenvalue weighted by Gasteiger charge is -2.35. The van der Waals surface area contributed by atoms with Crippen molar-refractivity contribution < 1.29 is 14.7 Å². The van der Waals surface area contributed by atoms with Gasteiger partial charge in [-0.1, -0.05) is 42.5 Å². The Kier molecular flexibility index (Phi) is 8.30. The summed E-state index contributed by atoms with van der Waals surface area (Å²) >= 11 is 0. The maximum Gasteiger partial charge on any atom is 0.239 e. The highest BCUT2D eigenvalue weighted by Crippen LogP contribution is 2.27. The van der Waals surface area contributed by atoms with Gasteiger partial charge < -0.3 is 26.0 Å². The van der Waals surface area contributed by atoms with E-state index in [0.29, 0.717) is 43.6 Å². The van der Waals surface area contributed by atoms with Crippen molar-refractivity contribution in [3.05, 3.63) is 60.7 Å². The van der Waals surface area contributed by atoms with Gasteiger partial charge in [-0.3, -0.25) is 14.5 Å². The van der Waals surface area contributed by atoms with Gasteiger partial charge in [-0.05, 0) is 12.1 Å². The van der Waals surface area contributed by atoms with Crippen LogP contribution < -0.4 is 20.9 Å². The van der Waals surface area contributed by atoms with E-state index in [1.807, 2.05) is 42.5 Å². The molecule has 1 aliphatic heterocycles. The SMILES string of the molecule is CC(=O)NCCNc1cc(NC(=O)CN2CCN(c3ccccc3O)CC2)nc(-c2ccccc2)n1. The summed E-state index contributed by atoms with van der Waals surface area (Å²) in [5.41, 5.74) is 1.65. The zero-order valence-corrected chi connectivity index (χ0v) is 20.3. The molecule has 1 aromatic heterocycles. The van der Waals surface area contributed by atoms with E-state index in [4.69, 9.17) is 0 Å². The van der Waals surface area contributed by atoms with Crippen LogP contribution in [-0.2, 0) is 9.59 Å². The molecule has 4 rings (SSSR count). The lowest BCUT2D eigenvalue weighted by Crippen LogP contribution is -2.48. The number of benzene rings is 2. The summed E-state index contributed by atoms with van der Waals surface area (Å²) in [7, 11) is 0. The van der Waals surface area contributed by atoms with Crippen LogP contribution in [0, 0.1) is 0 Å². The molecule has 0 aliphatic carbocycles. The molecule has 2 heterocycles. The Balaban J connectivity index is 1.37. The smallest absolute Gasteiger partial charge is 0.239 e. The summed E-state index contributed by atoms with van der Waals surface area (Å²) in [6, 6.07) is 18.5. The van der Waals surface area contributed by atoms with Crippen LogP contribution in [0.5, 0.6) is 5.75 Å². The first kappa shape index (κ1) is 24.9. The number of nitrogens with zero attached hydrogens (tertiary/aromatic N) is 4. The van der Waals surface area contributed by atoms with E-state index in [2.05, 4.69) is 35.7 Å². The minimum atomic E-state index is -0.159. The zero-order chi connectivity index (χ0) is 25.3. The predicted octanol–water partition coefficient (Wildman–Crippen LogP) is 2.16. The van der Waals surface area contributed by atoms with Crippen molar-refractivity contribution in [2.24, 2.45) is 0 Å². The maximum atomic E-state index is 12.8.